The molecule has 0 fully saturated rings. The molecule has 4 heterocycles. The Morgan fingerprint density at radius 3 is 0.487 bits per heavy atom. The molecule has 0 N–H and O–H groups in total. The van der Waals surface area contributed by atoms with E-state index in [0.29, 0.717) is 0 Å². The molecule has 12 aromatic rings. The van der Waals surface area contributed by atoms with E-state index in [1.54, 1.807) is 0 Å². The zero-order chi connectivity index (χ0) is 82.5. The average molecular weight is 1670 g/mol. The van der Waals surface area contributed by atoms with Crippen molar-refractivity contribution >= 4 is 116 Å². The molecule has 6 heteroatoms. The first-order chi connectivity index (χ1) is 50.3. The SMILES string of the molecule is C.C.C.C.C.C.C.C.C.C.C.C.C.C.C.C=Cc1cccc2c3ccccc3n(C)c12.C=Cc1cccc2c3ccccc3n(C)c12.CC.CC.CC.CC.CC.CC.CC.CC.CC.CC.CC.CC.CC.CC.CC.CC.CC.CC.CC.CCc1cccc2c3ccccc3n(C)c12.CCc1cccc2c3ccccc3n(C)c12.[B].[B]. The van der Waals surface area contributed by atoms with Crippen molar-refractivity contribution in [3.8, 4) is 0 Å². The molecule has 0 spiro atoms. The van der Waals surface area contributed by atoms with E-state index in [0.717, 1.165) is 12.8 Å². The molecule has 0 amide bonds. The fourth-order valence-corrected chi connectivity index (χ4v) is 10.1. The van der Waals surface area contributed by atoms with Gasteiger partial charge < -0.3 is 18.3 Å². The highest BCUT2D eigenvalue weighted by atomic mass is 15.0. The van der Waals surface area contributed by atoms with Crippen LogP contribution in [0.15, 0.2) is 183 Å². The van der Waals surface area contributed by atoms with Crippen molar-refractivity contribution in [1.29, 1.82) is 0 Å². The Balaban J connectivity index is -0.0000000301. The van der Waals surface area contributed by atoms with Crippen LogP contribution >= 0.6 is 0 Å². The number of nitrogens with zero attached hydrogens (tertiary/aromatic N) is 4. The lowest BCUT2D eigenvalue weighted by Crippen LogP contribution is -1.91. The quantitative estimate of drug-likeness (QED) is 0.157. The van der Waals surface area contributed by atoms with Crippen LogP contribution in [0.1, 0.15) is 411 Å². The van der Waals surface area contributed by atoms with Crippen molar-refractivity contribution in [3.05, 3.63) is 205 Å². The molecule has 0 aliphatic carbocycles. The minimum atomic E-state index is 0. The van der Waals surface area contributed by atoms with E-state index < -0.39 is 0 Å². The summed E-state index contributed by atoms with van der Waals surface area (Å²) in [5.41, 5.74) is 15.7. The molecule has 0 saturated carbocycles. The maximum atomic E-state index is 3.88. The van der Waals surface area contributed by atoms with Gasteiger partial charge in [-0.15, -0.1) is 0 Å². The Bertz CT molecular complexity index is 3450. The Morgan fingerprint density at radius 1 is 0.193 bits per heavy atom. The maximum absolute atomic E-state index is 3.88. The predicted octanol–water partition coefficient (Wildman–Crippen LogP) is 44.0. The largest absolute Gasteiger partial charge is 0.343 e. The monoisotopic (exact) mass is 1670 g/mol. The van der Waals surface area contributed by atoms with Crippen molar-refractivity contribution in [2.45, 2.75) is 401 Å². The highest BCUT2D eigenvalue weighted by Crippen LogP contribution is 2.34. The van der Waals surface area contributed by atoms with Gasteiger partial charge in [-0.3, -0.25) is 0 Å². The second-order valence-corrected chi connectivity index (χ2v) is 16.5. The highest BCUT2D eigenvalue weighted by Gasteiger charge is 2.13. The number of para-hydroxylation sites is 8. The summed E-state index contributed by atoms with van der Waals surface area (Å²) in [6.45, 7) is 88.2. The van der Waals surface area contributed by atoms with Gasteiger partial charge in [0.25, 0.3) is 0 Å². The lowest BCUT2D eigenvalue weighted by atomic mass is 10.1. The molecule has 12 rings (SSSR count). The second-order valence-electron chi connectivity index (χ2n) is 16.5. The molecular formula is C113H230B2N4. The van der Waals surface area contributed by atoms with Crippen LogP contribution in [0.5, 0.6) is 0 Å². The van der Waals surface area contributed by atoms with Crippen molar-refractivity contribution in [3.63, 3.8) is 0 Å². The molecule has 0 aliphatic heterocycles. The summed E-state index contributed by atoms with van der Waals surface area (Å²) in [5.74, 6) is 0. The summed E-state index contributed by atoms with van der Waals surface area (Å²) in [6, 6.07) is 60.1. The fourth-order valence-electron chi connectivity index (χ4n) is 10.1. The zero-order valence-corrected chi connectivity index (χ0v) is 77.1. The molecule has 6 radical (unpaired) electrons. The van der Waals surface area contributed by atoms with Gasteiger partial charge in [0.2, 0.25) is 0 Å². The highest BCUT2D eigenvalue weighted by molar-refractivity contribution is 6.12. The Hall–Kier alpha value is -7.43. The summed E-state index contributed by atoms with van der Waals surface area (Å²) in [7, 11) is 8.53. The molecule has 4 nitrogen and oxygen atoms in total. The molecule has 0 unspecified atom stereocenters. The summed E-state index contributed by atoms with van der Waals surface area (Å²) >= 11 is 0. The fraction of sp³-hybridized carbons (Fsp3) is 0.540. The minimum absolute atomic E-state index is 0. The van der Waals surface area contributed by atoms with E-state index >= 15 is 0 Å². The molecule has 0 saturated heterocycles. The molecule has 8 aromatic carbocycles. The summed E-state index contributed by atoms with van der Waals surface area (Å²) < 4.78 is 9.09. The predicted molar refractivity (Wildman–Crippen MR) is 609 cm³/mol. The molecule has 708 valence electrons. The van der Waals surface area contributed by atoms with Crippen LogP contribution < -0.4 is 0 Å². The van der Waals surface area contributed by atoms with Crippen LogP contribution in [-0.2, 0) is 41.0 Å². The minimum Gasteiger partial charge on any atom is -0.343 e. The third kappa shape index (κ3) is 59.0. The summed E-state index contributed by atoms with van der Waals surface area (Å²) in [4.78, 5) is 0. The van der Waals surface area contributed by atoms with E-state index in [9.17, 15) is 0 Å². The first-order valence-corrected chi connectivity index (χ1v) is 41.4. The van der Waals surface area contributed by atoms with Gasteiger partial charge in [0.15, 0.2) is 0 Å². The number of aryl methyl sites for hydroxylation is 6. The third-order valence-electron chi connectivity index (χ3n) is 13.1. The van der Waals surface area contributed by atoms with Gasteiger partial charge >= 0.3 is 0 Å². The van der Waals surface area contributed by atoms with Crippen molar-refractivity contribution in [2.24, 2.45) is 28.2 Å². The normalized spacial score (nSPS) is 6.99. The van der Waals surface area contributed by atoms with Gasteiger partial charge in [0, 0.05) is 110 Å². The van der Waals surface area contributed by atoms with Crippen molar-refractivity contribution in [2.75, 3.05) is 0 Å². The number of hydrogen-bond acceptors (Lipinski definition) is 0. The van der Waals surface area contributed by atoms with E-state index in [1.807, 2.05) is 275 Å². The van der Waals surface area contributed by atoms with Gasteiger partial charge in [0.05, 0.1) is 22.1 Å². The lowest BCUT2D eigenvalue weighted by molar-refractivity contribution is 0.995. The Labute approximate surface area is 764 Å². The van der Waals surface area contributed by atoms with Gasteiger partial charge in [0.1, 0.15) is 0 Å². The smallest absolute Gasteiger partial charge is 0.0562 e. The van der Waals surface area contributed by atoms with Gasteiger partial charge in [-0.2, -0.15) is 0 Å². The molecule has 119 heavy (non-hydrogen) atoms. The van der Waals surface area contributed by atoms with Crippen LogP contribution in [0.2, 0.25) is 0 Å². The number of aromatic nitrogens is 4. The van der Waals surface area contributed by atoms with E-state index in [2.05, 4.69) is 243 Å². The zero-order valence-electron chi connectivity index (χ0n) is 77.1. The van der Waals surface area contributed by atoms with Gasteiger partial charge in [-0.1, -0.05) is 559 Å². The van der Waals surface area contributed by atoms with Gasteiger partial charge in [-0.05, 0) is 59.4 Å². The van der Waals surface area contributed by atoms with Crippen molar-refractivity contribution < 1.29 is 0 Å². The van der Waals surface area contributed by atoms with Crippen molar-refractivity contribution in [1.82, 2.24) is 18.3 Å². The topological polar surface area (TPSA) is 19.7 Å². The maximum Gasteiger partial charge on any atom is 0.0562 e. The first kappa shape index (κ1) is 195. The molecule has 0 aliphatic rings. The van der Waals surface area contributed by atoms with E-state index in [1.165, 1.54) is 109 Å². The summed E-state index contributed by atoms with van der Waals surface area (Å²) in [5, 5.41) is 10.7. The van der Waals surface area contributed by atoms with Crippen LogP contribution in [0, 0.1) is 0 Å². The Kier molecular flexibility index (Phi) is 234. The molecule has 0 bridgehead atoms. The Morgan fingerprint density at radius 2 is 0.328 bits per heavy atom. The van der Waals surface area contributed by atoms with Crippen LogP contribution in [0.4, 0.5) is 0 Å². The first-order valence-electron chi connectivity index (χ1n) is 41.4. The third-order valence-corrected chi connectivity index (χ3v) is 13.1. The standard InChI is InChI=1S/2C15H15N.2C15H13N.19C2H6.15CH4.2B/c4*1-3-11-7-6-9-13-12-8-4-5-10-14(12)16(2)15(11)13;19*1-2;;;;;;;;;;;;;;;;;/h2*4-10H,3H2,1-2H3;2*3-10H,1H2,2H3;19*1-2H3;15*1H4;;. The van der Waals surface area contributed by atoms with E-state index in [-0.39, 0.29) is 128 Å². The molecule has 0 atom stereocenters. The lowest BCUT2D eigenvalue weighted by Gasteiger charge is -2.03. The second kappa shape index (κ2) is 142. The summed E-state index contributed by atoms with van der Waals surface area (Å²) in [6.07, 6.45) is 6.01. The molecule has 4 aromatic heterocycles. The average Bonchev–Trinajstić information content (AvgIpc) is 1.64. The van der Waals surface area contributed by atoms with Crippen LogP contribution in [-0.4, -0.2) is 35.1 Å². The van der Waals surface area contributed by atoms with E-state index in [4.69, 9.17) is 0 Å². The van der Waals surface area contributed by atoms with Gasteiger partial charge in [-0.25, -0.2) is 0 Å². The number of fused-ring (bicyclic) bond motifs is 12. The number of rotatable bonds is 4. The van der Waals surface area contributed by atoms with Crippen LogP contribution in [0.25, 0.3) is 99.4 Å². The van der Waals surface area contributed by atoms with Crippen LogP contribution in [0.3, 0.4) is 0 Å². The number of hydrogen-bond donors (Lipinski definition) is 0. The molecular weight excluding hydrogens is 1430 g/mol. The number of benzene rings is 8.